The van der Waals surface area contributed by atoms with Crippen molar-refractivity contribution in [1.29, 1.82) is 0 Å². The quantitative estimate of drug-likeness (QED) is 0.799. The van der Waals surface area contributed by atoms with Crippen LogP contribution in [0.3, 0.4) is 0 Å². The second-order valence-electron chi connectivity index (χ2n) is 4.53. The number of hydrogen-bond acceptors (Lipinski definition) is 2. The van der Waals surface area contributed by atoms with Crippen molar-refractivity contribution in [3.05, 3.63) is 29.8 Å². The molecule has 2 N–H and O–H groups in total. The molecule has 0 amide bonds. The minimum Gasteiger partial charge on any atom is -0.494 e. The molecule has 1 aromatic carbocycles. The van der Waals surface area contributed by atoms with Gasteiger partial charge in [0.25, 0.3) is 0 Å². The van der Waals surface area contributed by atoms with Gasteiger partial charge in [-0.15, -0.1) is 0 Å². The molecule has 0 aromatic heterocycles. The van der Waals surface area contributed by atoms with Gasteiger partial charge in [0.1, 0.15) is 5.75 Å². The summed E-state index contributed by atoms with van der Waals surface area (Å²) in [7, 11) is 0. The molecule has 0 aliphatic rings. The largest absolute Gasteiger partial charge is 0.494 e. The van der Waals surface area contributed by atoms with Crippen LogP contribution in [0.2, 0.25) is 0 Å². The molecular weight excluding hydrogens is 198 g/mol. The molecule has 0 saturated carbocycles. The van der Waals surface area contributed by atoms with Crippen LogP contribution in [0, 0.1) is 0 Å². The van der Waals surface area contributed by atoms with Gasteiger partial charge in [-0.25, -0.2) is 0 Å². The summed E-state index contributed by atoms with van der Waals surface area (Å²) in [5.74, 6) is 1.51. The van der Waals surface area contributed by atoms with E-state index in [1.165, 1.54) is 5.56 Å². The Morgan fingerprint density at radius 3 is 2.31 bits per heavy atom. The van der Waals surface area contributed by atoms with Crippen molar-refractivity contribution in [2.45, 2.75) is 45.6 Å². The van der Waals surface area contributed by atoms with E-state index in [2.05, 4.69) is 32.9 Å². The number of hydrogen-bond donors (Lipinski definition) is 1. The average molecular weight is 221 g/mol. The maximum absolute atomic E-state index is 5.82. The van der Waals surface area contributed by atoms with Crippen LogP contribution in [0.25, 0.3) is 0 Å². The molecule has 16 heavy (non-hydrogen) atoms. The zero-order valence-electron chi connectivity index (χ0n) is 10.6. The summed E-state index contributed by atoms with van der Waals surface area (Å²) in [5.41, 5.74) is 7.17. The Kier molecular flexibility index (Phi) is 5.33. The zero-order valence-corrected chi connectivity index (χ0v) is 10.6. The lowest BCUT2D eigenvalue weighted by atomic mass is 10.0. The Morgan fingerprint density at radius 2 is 1.81 bits per heavy atom. The fraction of sp³-hybridized carbons (Fsp3) is 0.571. The molecule has 1 atom stereocenters. The van der Waals surface area contributed by atoms with Crippen LogP contribution >= 0.6 is 0 Å². The lowest BCUT2D eigenvalue weighted by Gasteiger charge is -2.11. The second kappa shape index (κ2) is 6.54. The van der Waals surface area contributed by atoms with Crippen molar-refractivity contribution in [2.24, 2.45) is 5.73 Å². The molecule has 0 aliphatic heterocycles. The van der Waals surface area contributed by atoms with E-state index < -0.39 is 0 Å². The van der Waals surface area contributed by atoms with Crippen molar-refractivity contribution >= 4 is 0 Å². The molecule has 1 rings (SSSR count). The summed E-state index contributed by atoms with van der Waals surface area (Å²) in [6, 6.07) is 8.58. The van der Waals surface area contributed by atoms with Gasteiger partial charge in [-0.05, 0) is 36.5 Å². The standard InChI is InChI=1S/C14H23NO/c1-4-13(15)9-10-16-14-7-5-12(6-8-14)11(2)3/h5-8,11,13H,4,9-10,15H2,1-3H3. The minimum atomic E-state index is 0.259. The lowest BCUT2D eigenvalue weighted by Crippen LogP contribution is -2.21. The Morgan fingerprint density at radius 1 is 1.19 bits per heavy atom. The maximum atomic E-state index is 5.82. The van der Waals surface area contributed by atoms with Crippen LogP contribution < -0.4 is 10.5 Å². The van der Waals surface area contributed by atoms with Gasteiger partial charge in [-0.1, -0.05) is 32.9 Å². The third kappa shape index (κ3) is 4.23. The molecule has 2 heteroatoms. The van der Waals surface area contributed by atoms with E-state index in [1.54, 1.807) is 0 Å². The third-order valence-electron chi connectivity index (χ3n) is 2.83. The van der Waals surface area contributed by atoms with E-state index in [9.17, 15) is 0 Å². The summed E-state index contributed by atoms with van der Waals surface area (Å²) < 4.78 is 5.63. The van der Waals surface area contributed by atoms with Crippen molar-refractivity contribution in [1.82, 2.24) is 0 Å². The van der Waals surface area contributed by atoms with Gasteiger partial charge in [0.15, 0.2) is 0 Å². The van der Waals surface area contributed by atoms with Gasteiger partial charge in [0, 0.05) is 6.04 Å². The Hall–Kier alpha value is -1.02. The Balaban J connectivity index is 2.38. The van der Waals surface area contributed by atoms with E-state index in [0.29, 0.717) is 12.5 Å². The second-order valence-corrected chi connectivity index (χ2v) is 4.53. The predicted octanol–water partition coefficient (Wildman–Crippen LogP) is 3.32. The van der Waals surface area contributed by atoms with Crippen molar-refractivity contribution in [3.8, 4) is 5.75 Å². The van der Waals surface area contributed by atoms with Crippen LogP contribution in [0.4, 0.5) is 0 Å². The van der Waals surface area contributed by atoms with E-state index in [4.69, 9.17) is 10.5 Å². The SMILES string of the molecule is CCC(N)CCOc1ccc(C(C)C)cc1. The first-order chi connectivity index (χ1) is 7.63. The van der Waals surface area contributed by atoms with Gasteiger partial charge in [0.05, 0.1) is 6.61 Å². The summed E-state index contributed by atoms with van der Waals surface area (Å²) in [4.78, 5) is 0. The fourth-order valence-electron chi connectivity index (χ4n) is 1.48. The molecule has 0 saturated heterocycles. The Labute approximate surface area is 98.8 Å². The average Bonchev–Trinajstić information content (AvgIpc) is 2.29. The molecule has 0 radical (unpaired) electrons. The molecule has 0 aliphatic carbocycles. The molecule has 0 bridgehead atoms. The molecule has 1 unspecified atom stereocenters. The minimum absolute atomic E-state index is 0.259. The van der Waals surface area contributed by atoms with E-state index in [-0.39, 0.29) is 6.04 Å². The highest BCUT2D eigenvalue weighted by molar-refractivity contribution is 5.28. The van der Waals surface area contributed by atoms with Crippen LogP contribution in [0.5, 0.6) is 5.75 Å². The first-order valence-electron chi connectivity index (χ1n) is 6.11. The van der Waals surface area contributed by atoms with Crippen LogP contribution in [-0.4, -0.2) is 12.6 Å². The molecule has 0 fully saturated rings. The van der Waals surface area contributed by atoms with E-state index >= 15 is 0 Å². The molecule has 90 valence electrons. The first-order valence-corrected chi connectivity index (χ1v) is 6.11. The van der Waals surface area contributed by atoms with E-state index in [1.807, 2.05) is 12.1 Å². The normalized spacial score (nSPS) is 12.8. The summed E-state index contributed by atoms with van der Waals surface area (Å²) in [6.07, 6.45) is 1.93. The van der Waals surface area contributed by atoms with Gasteiger partial charge in [0.2, 0.25) is 0 Å². The number of rotatable bonds is 6. The number of nitrogens with two attached hydrogens (primary N) is 1. The summed E-state index contributed by atoms with van der Waals surface area (Å²) >= 11 is 0. The van der Waals surface area contributed by atoms with Crippen molar-refractivity contribution in [2.75, 3.05) is 6.61 Å². The van der Waals surface area contributed by atoms with Gasteiger partial charge >= 0.3 is 0 Å². The van der Waals surface area contributed by atoms with Crippen LogP contribution in [0.15, 0.2) is 24.3 Å². The van der Waals surface area contributed by atoms with E-state index in [0.717, 1.165) is 18.6 Å². The molecule has 1 aromatic rings. The zero-order chi connectivity index (χ0) is 12.0. The van der Waals surface area contributed by atoms with Gasteiger partial charge < -0.3 is 10.5 Å². The topological polar surface area (TPSA) is 35.2 Å². The fourth-order valence-corrected chi connectivity index (χ4v) is 1.48. The highest BCUT2D eigenvalue weighted by atomic mass is 16.5. The van der Waals surface area contributed by atoms with Crippen LogP contribution in [0.1, 0.15) is 45.1 Å². The monoisotopic (exact) mass is 221 g/mol. The van der Waals surface area contributed by atoms with Crippen LogP contribution in [-0.2, 0) is 0 Å². The van der Waals surface area contributed by atoms with Crippen molar-refractivity contribution in [3.63, 3.8) is 0 Å². The highest BCUT2D eigenvalue weighted by Gasteiger charge is 2.01. The molecule has 0 heterocycles. The third-order valence-corrected chi connectivity index (χ3v) is 2.83. The smallest absolute Gasteiger partial charge is 0.119 e. The molecule has 0 spiro atoms. The van der Waals surface area contributed by atoms with Gasteiger partial charge in [-0.3, -0.25) is 0 Å². The molecule has 2 nitrogen and oxygen atoms in total. The van der Waals surface area contributed by atoms with Gasteiger partial charge in [-0.2, -0.15) is 0 Å². The Bertz CT molecular complexity index is 292. The van der Waals surface area contributed by atoms with Crippen molar-refractivity contribution < 1.29 is 4.74 Å². The maximum Gasteiger partial charge on any atom is 0.119 e. The number of ether oxygens (including phenoxy) is 1. The predicted molar refractivity (Wildman–Crippen MR) is 68.9 cm³/mol. The first kappa shape index (κ1) is 13.0. The summed E-state index contributed by atoms with van der Waals surface area (Å²) in [6.45, 7) is 7.18. The highest BCUT2D eigenvalue weighted by Crippen LogP contribution is 2.18. The lowest BCUT2D eigenvalue weighted by molar-refractivity contribution is 0.296. The number of benzene rings is 1. The molecular formula is C14H23NO. The summed E-state index contributed by atoms with van der Waals surface area (Å²) in [5, 5.41) is 0.